The molecule has 0 radical (unpaired) electrons. The zero-order valence-corrected chi connectivity index (χ0v) is 8.49. The molecule has 0 atom stereocenters. The summed E-state index contributed by atoms with van der Waals surface area (Å²) in [4.78, 5) is 0. The molecule has 0 saturated carbocycles. The van der Waals surface area contributed by atoms with E-state index in [1.165, 1.54) is 0 Å². The van der Waals surface area contributed by atoms with Gasteiger partial charge in [-0.05, 0) is 11.3 Å². The molecule has 0 aliphatic rings. The summed E-state index contributed by atoms with van der Waals surface area (Å²) < 4.78 is 4.25. The Morgan fingerprint density at radius 1 is 1.00 bits per heavy atom. The number of hydrogen-bond donors (Lipinski definition) is 0. The van der Waals surface area contributed by atoms with Crippen molar-refractivity contribution in [2.45, 2.75) is 34.6 Å². The summed E-state index contributed by atoms with van der Waals surface area (Å²) in [6.07, 6.45) is 0. The summed E-state index contributed by atoms with van der Waals surface area (Å²) in [6.45, 7) is 11.3. The second-order valence-corrected chi connectivity index (χ2v) is 3.93. The molecular formula is C9H22O. The molecule has 0 fully saturated rings. The molecule has 0 saturated heterocycles. The third-order valence-corrected chi connectivity index (χ3v) is 1.73. The third kappa shape index (κ3) is 10.9. The highest BCUT2D eigenvalue weighted by Gasteiger charge is 2.13. The van der Waals surface area contributed by atoms with E-state index in [1.54, 1.807) is 14.2 Å². The molecule has 0 bridgehead atoms. The predicted molar refractivity (Wildman–Crippen MR) is 47.2 cm³/mol. The van der Waals surface area contributed by atoms with E-state index in [2.05, 4.69) is 39.4 Å². The van der Waals surface area contributed by atoms with E-state index >= 15 is 0 Å². The zero-order chi connectivity index (χ0) is 8.78. The fourth-order valence-electron chi connectivity index (χ4n) is 0. The van der Waals surface area contributed by atoms with Crippen LogP contribution < -0.4 is 0 Å². The van der Waals surface area contributed by atoms with Crippen molar-refractivity contribution in [2.75, 3.05) is 14.2 Å². The quantitative estimate of drug-likeness (QED) is 0.510. The average molecular weight is 146 g/mol. The minimum Gasteiger partial charge on any atom is -0.388 e. The molecule has 0 amide bonds. The highest BCUT2D eigenvalue weighted by Crippen LogP contribution is 2.23. The molecule has 0 rings (SSSR count). The SMILES string of the molecule is CC(C)C(C)(C)C.COC. The predicted octanol–water partition coefficient (Wildman–Crippen LogP) is 2.95. The second kappa shape index (κ2) is 5.72. The van der Waals surface area contributed by atoms with Gasteiger partial charge in [-0.3, -0.25) is 0 Å². The summed E-state index contributed by atoms with van der Waals surface area (Å²) in [6, 6.07) is 0. The number of rotatable bonds is 0. The fraction of sp³-hybridized carbons (Fsp3) is 1.00. The van der Waals surface area contributed by atoms with Crippen molar-refractivity contribution in [1.82, 2.24) is 0 Å². The minimum atomic E-state index is 0.500. The molecule has 0 N–H and O–H groups in total. The molecule has 1 nitrogen and oxygen atoms in total. The van der Waals surface area contributed by atoms with Gasteiger partial charge in [0.05, 0.1) is 0 Å². The van der Waals surface area contributed by atoms with E-state index in [4.69, 9.17) is 0 Å². The van der Waals surface area contributed by atoms with Gasteiger partial charge >= 0.3 is 0 Å². The maximum atomic E-state index is 4.25. The van der Waals surface area contributed by atoms with E-state index in [1.807, 2.05) is 0 Å². The van der Waals surface area contributed by atoms with E-state index in [9.17, 15) is 0 Å². The molecule has 0 aliphatic heterocycles. The maximum absolute atomic E-state index is 4.25. The standard InChI is InChI=1S/C7H16.C2H6O/c1-6(2)7(3,4)5;1-3-2/h6H,1-5H3;1-2H3. The van der Waals surface area contributed by atoms with Gasteiger partial charge in [-0.1, -0.05) is 34.6 Å². The van der Waals surface area contributed by atoms with Crippen molar-refractivity contribution in [2.24, 2.45) is 11.3 Å². The first kappa shape index (κ1) is 12.6. The highest BCUT2D eigenvalue weighted by atomic mass is 16.4. The first-order chi connectivity index (χ1) is 4.36. The van der Waals surface area contributed by atoms with E-state index in [0.29, 0.717) is 5.41 Å². The summed E-state index contributed by atoms with van der Waals surface area (Å²) >= 11 is 0. The molecule has 0 unspecified atom stereocenters. The van der Waals surface area contributed by atoms with Gasteiger partial charge in [-0.2, -0.15) is 0 Å². The molecule has 0 aliphatic carbocycles. The van der Waals surface area contributed by atoms with Crippen LogP contribution in [0.4, 0.5) is 0 Å². The topological polar surface area (TPSA) is 9.23 Å². The van der Waals surface area contributed by atoms with Crippen molar-refractivity contribution in [3.05, 3.63) is 0 Å². The first-order valence-corrected chi connectivity index (χ1v) is 3.76. The minimum absolute atomic E-state index is 0.500. The number of hydrogen-bond acceptors (Lipinski definition) is 1. The molecule has 64 valence electrons. The molecule has 10 heavy (non-hydrogen) atoms. The van der Waals surface area contributed by atoms with Crippen molar-refractivity contribution in [3.63, 3.8) is 0 Å². The van der Waals surface area contributed by atoms with Crippen LogP contribution in [0.25, 0.3) is 0 Å². The summed E-state index contributed by atoms with van der Waals surface area (Å²) in [5, 5.41) is 0. The van der Waals surface area contributed by atoms with Crippen molar-refractivity contribution >= 4 is 0 Å². The van der Waals surface area contributed by atoms with Gasteiger partial charge in [-0.15, -0.1) is 0 Å². The molecule has 0 spiro atoms. The lowest BCUT2D eigenvalue weighted by Gasteiger charge is -2.22. The Kier molecular flexibility index (Phi) is 7.22. The lowest BCUT2D eigenvalue weighted by Crippen LogP contribution is -2.12. The van der Waals surface area contributed by atoms with E-state index in [-0.39, 0.29) is 0 Å². The van der Waals surface area contributed by atoms with E-state index < -0.39 is 0 Å². The van der Waals surface area contributed by atoms with Crippen LogP contribution in [0.3, 0.4) is 0 Å². The van der Waals surface area contributed by atoms with Crippen molar-refractivity contribution in [3.8, 4) is 0 Å². The maximum Gasteiger partial charge on any atom is 0.0351 e. The number of ether oxygens (including phenoxy) is 1. The molecule has 0 aromatic heterocycles. The zero-order valence-electron chi connectivity index (χ0n) is 8.49. The monoisotopic (exact) mass is 146 g/mol. The largest absolute Gasteiger partial charge is 0.388 e. The number of methoxy groups -OCH3 is 1. The molecule has 0 aromatic rings. The Balaban J connectivity index is 0. The normalized spacial score (nSPS) is 10.8. The molecular weight excluding hydrogens is 124 g/mol. The van der Waals surface area contributed by atoms with Crippen LogP contribution in [0, 0.1) is 11.3 Å². The fourth-order valence-corrected chi connectivity index (χ4v) is 0. The third-order valence-electron chi connectivity index (χ3n) is 1.73. The van der Waals surface area contributed by atoms with Gasteiger partial charge < -0.3 is 4.74 Å². The highest BCUT2D eigenvalue weighted by molar-refractivity contribution is 4.64. The van der Waals surface area contributed by atoms with Crippen LogP contribution >= 0.6 is 0 Å². The second-order valence-electron chi connectivity index (χ2n) is 3.93. The van der Waals surface area contributed by atoms with Crippen LogP contribution in [-0.4, -0.2) is 14.2 Å². The molecule has 1 heteroatoms. The summed E-state index contributed by atoms with van der Waals surface area (Å²) in [5.74, 6) is 0.799. The Hall–Kier alpha value is -0.0400. The van der Waals surface area contributed by atoms with Gasteiger partial charge in [0.25, 0.3) is 0 Å². The van der Waals surface area contributed by atoms with Crippen LogP contribution in [0.1, 0.15) is 34.6 Å². The summed E-state index contributed by atoms with van der Waals surface area (Å²) in [7, 11) is 3.25. The Bertz CT molecular complexity index is 59.6. The molecule has 0 aromatic carbocycles. The Labute approximate surface area is 65.8 Å². The van der Waals surface area contributed by atoms with Gasteiger partial charge in [-0.25, -0.2) is 0 Å². The van der Waals surface area contributed by atoms with Gasteiger partial charge in [0.15, 0.2) is 0 Å². The van der Waals surface area contributed by atoms with Gasteiger partial charge in [0.2, 0.25) is 0 Å². The lowest BCUT2D eigenvalue weighted by molar-refractivity contribution is 0.277. The average Bonchev–Trinajstić information content (AvgIpc) is 1.64. The smallest absolute Gasteiger partial charge is 0.0351 e. The van der Waals surface area contributed by atoms with Gasteiger partial charge in [0.1, 0.15) is 0 Å². The van der Waals surface area contributed by atoms with Crippen LogP contribution in [0.5, 0.6) is 0 Å². The molecule has 0 heterocycles. The lowest BCUT2D eigenvalue weighted by atomic mass is 9.84. The Morgan fingerprint density at radius 2 is 1.10 bits per heavy atom. The van der Waals surface area contributed by atoms with Crippen molar-refractivity contribution < 1.29 is 4.74 Å². The Morgan fingerprint density at radius 3 is 1.10 bits per heavy atom. The first-order valence-electron chi connectivity index (χ1n) is 3.76. The van der Waals surface area contributed by atoms with Crippen molar-refractivity contribution in [1.29, 1.82) is 0 Å². The van der Waals surface area contributed by atoms with Crippen LogP contribution in [0.15, 0.2) is 0 Å². The van der Waals surface area contributed by atoms with Gasteiger partial charge in [0, 0.05) is 14.2 Å². The van der Waals surface area contributed by atoms with Crippen LogP contribution in [-0.2, 0) is 4.74 Å². The van der Waals surface area contributed by atoms with Crippen LogP contribution in [0.2, 0.25) is 0 Å². The summed E-state index contributed by atoms with van der Waals surface area (Å²) in [5.41, 5.74) is 0.500. The van der Waals surface area contributed by atoms with E-state index in [0.717, 1.165) is 5.92 Å².